The molecule has 0 aliphatic carbocycles. The molecule has 3 aromatic carbocycles. The Labute approximate surface area is 162 Å². The summed E-state index contributed by atoms with van der Waals surface area (Å²) in [4.78, 5) is 24.8. The summed E-state index contributed by atoms with van der Waals surface area (Å²) in [6.07, 6.45) is -0.974. The third-order valence-electron chi connectivity index (χ3n) is 4.02. The third kappa shape index (κ3) is 4.54. The molecular formula is C22H18ClNO3. The lowest BCUT2D eigenvalue weighted by Gasteiger charge is -2.16. The van der Waals surface area contributed by atoms with E-state index in [0.717, 1.165) is 11.1 Å². The van der Waals surface area contributed by atoms with Crippen molar-refractivity contribution in [1.29, 1.82) is 0 Å². The molecule has 1 N–H and O–H groups in total. The number of para-hydroxylation sites is 1. The van der Waals surface area contributed by atoms with Crippen LogP contribution in [0.1, 0.15) is 17.3 Å². The van der Waals surface area contributed by atoms with Gasteiger partial charge in [0.2, 0.25) is 0 Å². The number of hydrogen-bond acceptors (Lipinski definition) is 3. The molecule has 1 atom stereocenters. The standard InChI is InChI=1S/C22H18ClNO3/c1-15(27-22(26)18-12-5-7-13-19(18)23)21(25)24-20-14-8-6-11-17(20)16-9-3-2-4-10-16/h2-15H,1H3,(H,24,25)/t15-/m1/s1. The molecule has 0 aromatic heterocycles. The van der Waals surface area contributed by atoms with Crippen LogP contribution in [0.4, 0.5) is 5.69 Å². The predicted octanol–water partition coefficient (Wildman–Crippen LogP) is 5.19. The van der Waals surface area contributed by atoms with Gasteiger partial charge in [0.25, 0.3) is 5.91 Å². The quantitative estimate of drug-likeness (QED) is 0.620. The van der Waals surface area contributed by atoms with Crippen LogP contribution in [0.15, 0.2) is 78.9 Å². The second-order valence-corrected chi connectivity index (χ2v) is 6.34. The minimum Gasteiger partial charge on any atom is -0.449 e. The zero-order valence-electron chi connectivity index (χ0n) is 14.7. The van der Waals surface area contributed by atoms with E-state index in [2.05, 4.69) is 5.32 Å². The monoisotopic (exact) mass is 379 g/mol. The van der Waals surface area contributed by atoms with Gasteiger partial charge in [-0.15, -0.1) is 0 Å². The van der Waals surface area contributed by atoms with Crippen molar-refractivity contribution in [2.45, 2.75) is 13.0 Å². The van der Waals surface area contributed by atoms with Crippen LogP contribution in [-0.2, 0) is 9.53 Å². The average molecular weight is 380 g/mol. The SMILES string of the molecule is C[C@@H](OC(=O)c1ccccc1Cl)C(=O)Nc1ccccc1-c1ccccc1. The van der Waals surface area contributed by atoms with Crippen molar-refractivity contribution in [3.05, 3.63) is 89.4 Å². The van der Waals surface area contributed by atoms with E-state index >= 15 is 0 Å². The van der Waals surface area contributed by atoms with Crippen LogP contribution < -0.4 is 5.32 Å². The Morgan fingerprint density at radius 1 is 0.889 bits per heavy atom. The molecule has 0 unspecified atom stereocenters. The molecule has 0 saturated carbocycles. The Morgan fingerprint density at radius 2 is 1.52 bits per heavy atom. The number of carbonyl (C=O) groups is 2. The van der Waals surface area contributed by atoms with Gasteiger partial charge in [0.15, 0.2) is 6.10 Å². The number of rotatable bonds is 5. The van der Waals surface area contributed by atoms with E-state index in [0.29, 0.717) is 5.69 Å². The number of ether oxygens (including phenoxy) is 1. The topological polar surface area (TPSA) is 55.4 Å². The van der Waals surface area contributed by atoms with Gasteiger partial charge in [-0.3, -0.25) is 4.79 Å². The fourth-order valence-electron chi connectivity index (χ4n) is 2.60. The van der Waals surface area contributed by atoms with Gasteiger partial charge in [-0.25, -0.2) is 4.79 Å². The van der Waals surface area contributed by atoms with Gasteiger partial charge in [-0.05, 0) is 30.7 Å². The number of hydrogen-bond donors (Lipinski definition) is 1. The summed E-state index contributed by atoms with van der Waals surface area (Å²) in [5, 5.41) is 3.11. The van der Waals surface area contributed by atoms with Crippen molar-refractivity contribution in [2.75, 3.05) is 5.32 Å². The van der Waals surface area contributed by atoms with Crippen LogP contribution in [0, 0.1) is 0 Å². The van der Waals surface area contributed by atoms with Crippen LogP contribution in [0.3, 0.4) is 0 Å². The molecule has 27 heavy (non-hydrogen) atoms. The fraction of sp³-hybridized carbons (Fsp3) is 0.0909. The first kappa shape index (κ1) is 18.7. The lowest BCUT2D eigenvalue weighted by molar-refractivity contribution is -0.123. The summed E-state index contributed by atoms with van der Waals surface area (Å²) in [5.74, 6) is -1.06. The number of esters is 1. The van der Waals surface area contributed by atoms with Gasteiger partial charge in [0.05, 0.1) is 10.6 Å². The summed E-state index contributed by atoms with van der Waals surface area (Å²) in [7, 11) is 0. The highest BCUT2D eigenvalue weighted by Crippen LogP contribution is 2.27. The highest BCUT2D eigenvalue weighted by atomic mass is 35.5. The van der Waals surface area contributed by atoms with Crippen LogP contribution in [0.5, 0.6) is 0 Å². The van der Waals surface area contributed by atoms with Crippen LogP contribution in [-0.4, -0.2) is 18.0 Å². The lowest BCUT2D eigenvalue weighted by atomic mass is 10.0. The van der Waals surface area contributed by atoms with Gasteiger partial charge in [-0.1, -0.05) is 72.3 Å². The van der Waals surface area contributed by atoms with Crippen LogP contribution >= 0.6 is 11.6 Å². The van der Waals surface area contributed by atoms with Crippen LogP contribution in [0.25, 0.3) is 11.1 Å². The minimum absolute atomic E-state index is 0.225. The molecule has 0 heterocycles. The maximum absolute atomic E-state index is 12.5. The van der Waals surface area contributed by atoms with Gasteiger partial charge in [0, 0.05) is 11.3 Å². The van der Waals surface area contributed by atoms with Crippen molar-refractivity contribution >= 4 is 29.2 Å². The van der Waals surface area contributed by atoms with E-state index in [9.17, 15) is 9.59 Å². The first-order valence-corrected chi connectivity index (χ1v) is 8.85. The highest BCUT2D eigenvalue weighted by molar-refractivity contribution is 6.33. The molecule has 0 bridgehead atoms. The highest BCUT2D eigenvalue weighted by Gasteiger charge is 2.21. The van der Waals surface area contributed by atoms with Crippen molar-refractivity contribution in [2.24, 2.45) is 0 Å². The molecule has 1 amide bonds. The van der Waals surface area contributed by atoms with Gasteiger partial charge >= 0.3 is 5.97 Å². The first-order chi connectivity index (χ1) is 13.1. The van der Waals surface area contributed by atoms with Crippen molar-refractivity contribution < 1.29 is 14.3 Å². The van der Waals surface area contributed by atoms with E-state index in [1.54, 1.807) is 24.3 Å². The third-order valence-corrected chi connectivity index (χ3v) is 4.35. The number of carbonyl (C=O) groups excluding carboxylic acids is 2. The molecule has 0 aliphatic heterocycles. The molecule has 4 nitrogen and oxygen atoms in total. The van der Waals surface area contributed by atoms with E-state index in [-0.39, 0.29) is 10.6 Å². The Hall–Kier alpha value is -3.11. The molecule has 136 valence electrons. The molecule has 3 rings (SSSR count). The second-order valence-electron chi connectivity index (χ2n) is 5.93. The minimum atomic E-state index is -0.974. The summed E-state index contributed by atoms with van der Waals surface area (Å²) < 4.78 is 5.26. The number of benzene rings is 3. The van der Waals surface area contributed by atoms with E-state index < -0.39 is 18.0 Å². The Balaban J connectivity index is 1.73. The summed E-state index contributed by atoms with van der Waals surface area (Å²) in [5.41, 5.74) is 2.74. The zero-order chi connectivity index (χ0) is 19.2. The summed E-state index contributed by atoms with van der Waals surface area (Å²) >= 11 is 6.00. The summed E-state index contributed by atoms with van der Waals surface area (Å²) in [6.45, 7) is 1.52. The number of halogens is 1. The number of amides is 1. The molecule has 0 fully saturated rings. The van der Waals surface area contributed by atoms with Gasteiger partial charge in [0.1, 0.15) is 0 Å². The van der Waals surface area contributed by atoms with Crippen LogP contribution in [0.2, 0.25) is 5.02 Å². The first-order valence-electron chi connectivity index (χ1n) is 8.47. The zero-order valence-corrected chi connectivity index (χ0v) is 15.4. The second kappa shape index (κ2) is 8.52. The lowest BCUT2D eigenvalue weighted by Crippen LogP contribution is -2.30. The maximum Gasteiger partial charge on any atom is 0.340 e. The van der Waals surface area contributed by atoms with Gasteiger partial charge < -0.3 is 10.1 Å². The maximum atomic E-state index is 12.5. The largest absolute Gasteiger partial charge is 0.449 e. The molecular weight excluding hydrogens is 362 g/mol. The number of nitrogens with one attached hydrogen (secondary N) is 1. The van der Waals surface area contributed by atoms with Gasteiger partial charge in [-0.2, -0.15) is 0 Å². The predicted molar refractivity (Wildman–Crippen MR) is 107 cm³/mol. The van der Waals surface area contributed by atoms with Crippen molar-refractivity contribution in [3.8, 4) is 11.1 Å². The molecule has 5 heteroatoms. The molecule has 3 aromatic rings. The molecule has 0 aliphatic rings. The van der Waals surface area contributed by atoms with Crippen molar-refractivity contribution in [3.63, 3.8) is 0 Å². The Kier molecular flexibility index (Phi) is 5.89. The molecule has 0 spiro atoms. The molecule has 0 radical (unpaired) electrons. The Morgan fingerprint density at radius 3 is 2.26 bits per heavy atom. The smallest absolute Gasteiger partial charge is 0.340 e. The van der Waals surface area contributed by atoms with E-state index in [1.165, 1.54) is 6.92 Å². The van der Waals surface area contributed by atoms with E-state index in [4.69, 9.17) is 16.3 Å². The average Bonchev–Trinajstić information content (AvgIpc) is 2.69. The number of anilines is 1. The summed E-state index contributed by atoms with van der Waals surface area (Å²) in [6, 6.07) is 23.7. The molecule has 0 saturated heterocycles. The normalized spacial score (nSPS) is 11.5. The van der Waals surface area contributed by atoms with E-state index in [1.807, 2.05) is 54.6 Å². The Bertz CT molecular complexity index is 957. The van der Waals surface area contributed by atoms with Crippen molar-refractivity contribution in [1.82, 2.24) is 0 Å². The fourth-order valence-corrected chi connectivity index (χ4v) is 2.81.